The van der Waals surface area contributed by atoms with E-state index in [1.165, 1.54) is 0 Å². The molecule has 0 atom stereocenters. The Kier molecular flexibility index (Phi) is 19.6. The van der Waals surface area contributed by atoms with Crippen LogP contribution >= 0.6 is 73.7 Å². The lowest BCUT2D eigenvalue weighted by Gasteiger charge is -1.70. The van der Waals surface area contributed by atoms with Crippen LogP contribution in [-0.4, -0.2) is 5.34 Å². The van der Waals surface area contributed by atoms with Gasteiger partial charge in [0.05, 0.1) is 5.34 Å². The van der Waals surface area contributed by atoms with Gasteiger partial charge < -0.3 is 0 Å². The molecule has 0 bridgehead atoms. The predicted molar refractivity (Wildman–Crippen MR) is 50.3 cm³/mol. The molecule has 0 saturated heterocycles. The van der Waals surface area contributed by atoms with E-state index >= 15 is 0 Å². The number of hydrogen-bond acceptors (Lipinski definition) is 0. The van der Waals surface area contributed by atoms with Crippen LogP contribution in [0.5, 0.6) is 0 Å². The lowest BCUT2D eigenvalue weighted by molar-refractivity contribution is 2.20. The van der Waals surface area contributed by atoms with Crippen molar-refractivity contribution >= 4 is 73.7 Å². The van der Waals surface area contributed by atoms with E-state index < -0.39 is 0 Å². The normalized spacial score (nSPS) is 7.71. The van der Waals surface area contributed by atoms with E-state index in [1.54, 1.807) is 0 Å². The first-order valence-electron chi connectivity index (χ1n) is 1.04. The lowest BCUT2D eigenvalue weighted by Crippen LogP contribution is -1.24. The van der Waals surface area contributed by atoms with E-state index in [4.69, 9.17) is 23.2 Å². The lowest BCUT2D eigenvalue weighted by atomic mass is 11.9. The first-order valence-corrected chi connectivity index (χ1v) is 9.51. The van der Waals surface area contributed by atoms with Crippen LogP contribution in [0.2, 0.25) is 0 Å². The molecular weight excluding hydrogens is 354 g/mol. The highest BCUT2D eigenvalue weighted by Crippen LogP contribution is 2.59. The van der Waals surface area contributed by atoms with Gasteiger partial charge in [0.25, 0.3) is 0 Å². The molecule has 0 nitrogen and oxygen atoms in total. The van der Waals surface area contributed by atoms with Crippen LogP contribution in [0.4, 0.5) is 0 Å². The average molecular weight is 356 g/mol. The SMILES string of the molecule is BrP(Br)Br.ClCCl. The van der Waals surface area contributed by atoms with E-state index in [2.05, 4.69) is 46.5 Å². The van der Waals surface area contributed by atoms with E-state index in [0.717, 1.165) is 0 Å². The summed E-state index contributed by atoms with van der Waals surface area (Å²) in [4.78, 5) is 0. The largest absolute Gasteiger partial charge is 0.109 e. The first-order chi connectivity index (χ1) is 3.15. The Bertz CT molecular complexity index is 24.1. The van der Waals surface area contributed by atoms with Gasteiger partial charge in [0, 0.05) is 0 Å². The van der Waals surface area contributed by atoms with Gasteiger partial charge in [-0.2, -0.15) is 0 Å². The molecule has 0 fully saturated rings. The zero-order valence-electron chi connectivity index (χ0n) is 3.04. The van der Waals surface area contributed by atoms with Gasteiger partial charge in [-0.25, -0.2) is 0 Å². The van der Waals surface area contributed by atoms with Crippen molar-refractivity contribution < 1.29 is 0 Å². The summed E-state index contributed by atoms with van der Waals surface area (Å²) in [5.74, 6) is 0. The van der Waals surface area contributed by atoms with Gasteiger partial charge in [-0.3, -0.25) is 0 Å². The molecule has 0 rings (SSSR count). The molecule has 0 aromatic heterocycles. The maximum Gasteiger partial charge on any atom is 0.103 e. The maximum atomic E-state index is 4.76. The number of hydrogen-bond donors (Lipinski definition) is 0. The third-order valence-electron chi connectivity index (χ3n) is 0. The van der Waals surface area contributed by atoms with Gasteiger partial charge in [0.1, 0.15) is 4.03 Å². The van der Waals surface area contributed by atoms with Crippen molar-refractivity contribution in [2.45, 2.75) is 0 Å². The number of rotatable bonds is 0. The van der Waals surface area contributed by atoms with Crippen molar-refractivity contribution in [2.75, 3.05) is 5.34 Å². The summed E-state index contributed by atoms with van der Waals surface area (Å²) in [6.45, 7) is 0. The van der Waals surface area contributed by atoms with Gasteiger partial charge in [-0.05, 0) is 46.5 Å². The molecule has 0 unspecified atom stereocenters. The monoisotopic (exact) mass is 352 g/mol. The summed E-state index contributed by atoms with van der Waals surface area (Å²) in [7, 11) is 0. The molecule has 7 heavy (non-hydrogen) atoms. The second-order valence-electron chi connectivity index (χ2n) is 0.293. The van der Waals surface area contributed by atoms with Crippen molar-refractivity contribution in [2.24, 2.45) is 0 Å². The van der Waals surface area contributed by atoms with Gasteiger partial charge in [0.2, 0.25) is 0 Å². The zero-order chi connectivity index (χ0) is 6.28. The summed E-state index contributed by atoms with van der Waals surface area (Å²) < 4.78 is -0.183. The fourth-order valence-corrected chi connectivity index (χ4v) is 0. The van der Waals surface area contributed by atoms with E-state index in [9.17, 15) is 0 Å². The zero-order valence-corrected chi connectivity index (χ0v) is 10.2. The fourth-order valence-electron chi connectivity index (χ4n) is 0. The standard InChI is InChI=1S/CH2Cl2.Br3P/c2-1-3;1-4(2)3/h1H2;. The summed E-state index contributed by atoms with van der Waals surface area (Å²) in [6.07, 6.45) is 0. The Balaban J connectivity index is 0. The van der Waals surface area contributed by atoms with E-state index in [1.807, 2.05) is 0 Å². The van der Waals surface area contributed by atoms with Crippen LogP contribution in [-0.2, 0) is 0 Å². The van der Waals surface area contributed by atoms with Crippen LogP contribution in [0.25, 0.3) is 0 Å². The van der Waals surface area contributed by atoms with Crippen LogP contribution in [0.1, 0.15) is 0 Å². The summed E-state index contributed by atoms with van der Waals surface area (Å²) >= 11 is 19.0. The quantitative estimate of drug-likeness (QED) is 0.432. The third kappa shape index (κ3) is 58.6. The molecule has 46 valence electrons. The minimum Gasteiger partial charge on any atom is -0.109 e. The van der Waals surface area contributed by atoms with Gasteiger partial charge in [-0.1, -0.05) is 0 Å². The molecule has 0 saturated carbocycles. The van der Waals surface area contributed by atoms with Crippen molar-refractivity contribution in [3.8, 4) is 0 Å². The molecule has 0 N–H and O–H groups in total. The van der Waals surface area contributed by atoms with E-state index in [0.29, 0.717) is 0 Å². The maximum absolute atomic E-state index is 4.76. The van der Waals surface area contributed by atoms with Crippen LogP contribution in [0.15, 0.2) is 0 Å². The van der Waals surface area contributed by atoms with Crippen LogP contribution < -0.4 is 0 Å². The van der Waals surface area contributed by atoms with Gasteiger partial charge in [0.15, 0.2) is 0 Å². The topological polar surface area (TPSA) is 0 Å². The highest BCUT2D eigenvalue weighted by atomic mass is 80.0. The van der Waals surface area contributed by atoms with Gasteiger partial charge in [-0.15, -0.1) is 23.2 Å². The molecule has 0 heterocycles. The van der Waals surface area contributed by atoms with Crippen molar-refractivity contribution in [1.29, 1.82) is 0 Å². The third-order valence-corrected chi connectivity index (χ3v) is 0. The fraction of sp³-hybridized carbons (Fsp3) is 1.00. The predicted octanol–water partition coefficient (Wildman–Crippen LogP) is 4.82. The summed E-state index contributed by atoms with van der Waals surface area (Å²) in [5, 5.41) is 0.194. The number of alkyl halides is 2. The van der Waals surface area contributed by atoms with Crippen LogP contribution in [0, 0.1) is 0 Å². The summed E-state index contributed by atoms with van der Waals surface area (Å²) in [6, 6.07) is 0. The molecule has 0 aliphatic carbocycles. The second-order valence-corrected chi connectivity index (χ2v) is 16.4. The molecule has 6 heteroatoms. The Morgan fingerprint density at radius 2 is 1.14 bits per heavy atom. The Morgan fingerprint density at radius 1 is 1.14 bits per heavy atom. The minimum absolute atomic E-state index is 0.183. The molecule has 0 aromatic carbocycles. The smallest absolute Gasteiger partial charge is 0.103 e. The molecule has 0 aliphatic rings. The second kappa shape index (κ2) is 11.3. The highest BCUT2D eigenvalue weighted by Gasteiger charge is 1.77. The highest BCUT2D eigenvalue weighted by molar-refractivity contribution is 9.93. The first kappa shape index (κ1) is 12.2. The molecule has 0 spiro atoms. The Hall–Kier alpha value is 2.45. The molecule has 0 aliphatic heterocycles. The van der Waals surface area contributed by atoms with E-state index in [-0.39, 0.29) is 9.37 Å². The van der Waals surface area contributed by atoms with Crippen molar-refractivity contribution in [3.05, 3.63) is 0 Å². The molecule has 0 aromatic rings. The van der Waals surface area contributed by atoms with Gasteiger partial charge >= 0.3 is 0 Å². The van der Waals surface area contributed by atoms with Crippen molar-refractivity contribution in [1.82, 2.24) is 0 Å². The molecule has 0 radical (unpaired) electrons. The number of halogens is 5. The van der Waals surface area contributed by atoms with Crippen LogP contribution in [0.3, 0.4) is 0 Å². The van der Waals surface area contributed by atoms with Crippen molar-refractivity contribution in [3.63, 3.8) is 0 Å². The Morgan fingerprint density at radius 3 is 1.14 bits per heavy atom. The average Bonchev–Trinajstić information content (AvgIpc) is 1.33. The summed E-state index contributed by atoms with van der Waals surface area (Å²) in [5.41, 5.74) is 0. The molecular formula is CH2Br3Cl2P. The Labute approximate surface area is 78.3 Å². The minimum atomic E-state index is -0.183. The molecule has 0 amide bonds.